The first-order chi connectivity index (χ1) is 10.8. The molecule has 1 fully saturated rings. The van der Waals surface area contributed by atoms with Crippen molar-refractivity contribution in [1.29, 1.82) is 0 Å². The zero-order valence-corrected chi connectivity index (χ0v) is 12.8. The van der Waals surface area contributed by atoms with Crippen molar-refractivity contribution in [2.75, 3.05) is 19.7 Å². The van der Waals surface area contributed by atoms with Gasteiger partial charge in [0.25, 0.3) is 5.91 Å². The lowest BCUT2D eigenvalue weighted by Gasteiger charge is -2.16. The van der Waals surface area contributed by atoms with Crippen LogP contribution in [0, 0.1) is 5.92 Å². The Morgan fingerprint density at radius 1 is 1.32 bits per heavy atom. The van der Waals surface area contributed by atoms with E-state index in [4.69, 9.17) is 0 Å². The summed E-state index contributed by atoms with van der Waals surface area (Å²) in [7, 11) is 0. The lowest BCUT2D eigenvalue weighted by atomic mass is 9.95. The third kappa shape index (κ3) is 2.22. The first kappa shape index (κ1) is 13.8. The maximum absolute atomic E-state index is 12.7. The molecular formula is C18H22N2O2. The molecule has 0 bridgehead atoms. The van der Waals surface area contributed by atoms with Crippen molar-refractivity contribution in [1.82, 2.24) is 9.88 Å². The van der Waals surface area contributed by atoms with Crippen LogP contribution in [0.5, 0.6) is 0 Å². The van der Waals surface area contributed by atoms with Gasteiger partial charge in [0.2, 0.25) is 0 Å². The Hall–Kier alpha value is -1.81. The zero-order valence-electron chi connectivity index (χ0n) is 12.8. The molecule has 0 spiro atoms. The van der Waals surface area contributed by atoms with E-state index in [1.807, 2.05) is 17.0 Å². The molecule has 1 aliphatic carbocycles. The Kier molecular flexibility index (Phi) is 3.41. The molecule has 2 aliphatic rings. The molecule has 1 atom stereocenters. The minimum atomic E-state index is 0.101. The molecule has 1 unspecified atom stereocenters. The second-order valence-corrected chi connectivity index (χ2v) is 6.64. The Bertz CT molecular complexity index is 719. The highest BCUT2D eigenvalue weighted by Crippen LogP contribution is 2.30. The number of nitrogens with zero attached hydrogens (tertiary/aromatic N) is 1. The number of hydrogen-bond acceptors (Lipinski definition) is 2. The van der Waals surface area contributed by atoms with Crippen LogP contribution in [0.25, 0.3) is 10.9 Å². The molecule has 1 aromatic carbocycles. The summed E-state index contributed by atoms with van der Waals surface area (Å²) in [4.78, 5) is 18.1. The van der Waals surface area contributed by atoms with Crippen molar-refractivity contribution in [3.8, 4) is 0 Å². The minimum Gasteiger partial charge on any atom is -0.396 e. The first-order valence-electron chi connectivity index (χ1n) is 8.30. The molecule has 0 radical (unpaired) electrons. The van der Waals surface area contributed by atoms with Gasteiger partial charge in [-0.05, 0) is 55.9 Å². The van der Waals surface area contributed by atoms with Gasteiger partial charge in [-0.2, -0.15) is 0 Å². The van der Waals surface area contributed by atoms with Crippen LogP contribution in [0.15, 0.2) is 18.2 Å². The maximum atomic E-state index is 12.7. The molecule has 0 saturated carbocycles. The van der Waals surface area contributed by atoms with Gasteiger partial charge in [0, 0.05) is 47.8 Å². The molecule has 4 rings (SSSR count). The van der Waals surface area contributed by atoms with Gasteiger partial charge in [0.05, 0.1) is 0 Å². The predicted molar refractivity (Wildman–Crippen MR) is 86.0 cm³/mol. The van der Waals surface area contributed by atoms with Crippen LogP contribution in [0.1, 0.15) is 40.9 Å². The number of likely N-dealkylation sites (tertiary alicyclic amines) is 1. The second-order valence-electron chi connectivity index (χ2n) is 6.64. The second kappa shape index (κ2) is 5.43. The summed E-state index contributed by atoms with van der Waals surface area (Å²) in [5.41, 5.74) is 4.69. The quantitative estimate of drug-likeness (QED) is 0.895. The van der Waals surface area contributed by atoms with E-state index in [1.54, 1.807) is 0 Å². The number of fused-ring (bicyclic) bond motifs is 3. The van der Waals surface area contributed by atoms with Crippen LogP contribution in [0.2, 0.25) is 0 Å². The Labute approximate surface area is 130 Å². The number of carbonyl (C=O) groups excluding carboxylic acids is 1. The summed E-state index contributed by atoms with van der Waals surface area (Å²) in [6.45, 7) is 1.61. The van der Waals surface area contributed by atoms with Gasteiger partial charge < -0.3 is 15.0 Å². The number of carbonyl (C=O) groups is 1. The lowest BCUT2D eigenvalue weighted by molar-refractivity contribution is 0.0782. The molecule has 2 aromatic rings. The summed E-state index contributed by atoms with van der Waals surface area (Å²) in [5.74, 6) is 0.344. The molecule has 1 aliphatic heterocycles. The number of aliphatic hydroxyl groups is 1. The third-order valence-electron chi connectivity index (χ3n) is 5.18. The average Bonchev–Trinajstić information content (AvgIpc) is 3.18. The van der Waals surface area contributed by atoms with Gasteiger partial charge in [-0.15, -0.1) is 0 Å². The van der Waals surface area contributed by atoms with Gasteiger partial charge in [0.1, 0.15) is 0 Å². The largest absolute Gasteiger partial charge is 0.396 e. The number of rotatable bonds is 2. The fourth-order valence-corrected chi connectivity index (χ4v) is 3.89. The fraction of sp³-hybridized carbons (Fsp3) is 0.500. The average molecular weight is 298 g/mol. The zero-order chi connectivity index (χ0) is 15.1. The van der Waals surface area contributed by atoms with Crippen molar-refractivity contribution < 1.29 is 9.90 Å². The fourth-order valence-electron chi connectivity index (χ4n) is 3.89. The van der Waals surface area contributed by atoms with E-state index in [-0.39, 0.29) is 18.4 Å². The third-order valence-corrected chi connectivity index (χ3v) is 5.18. The number of aryl methyl sites for hydroxylation is 2. The number of aromatic amines is 1. The number of aliphatic hydroxyl groups excluding tert-OH is 1. The van der Waals surface area contributed by atoms with Gasteiger partial charge in [-0.3, -0.25) is 4.79 Å². The molecule has 4 nitrogen and oxygen atoms in total. The summed E-state index contributed by atoms with van der Waals surface area (Å²) in [5, 5.41) is 10.5. The normalized spacial score (nSPS) is 21.3. The summed E-state index contributed by atoms with van der Waals surface area (Å²) >= 11 is 0. The van der Waals surface area contributed by atoms with E-state index in [2.05, 4.69) is 11.1 Å². The van der Waals surface area contributed by atoms with Crippen molar-refractivity contribution in [3.63, 3.8) is 0 Å². The van der Waals surface area contributed by atoms with Crippen LogP contribution in [-0.4, -0.2) is 40.6 Å². The molecule has 1 amide bonds. The molecule has 2 N–H and O–H groups in total. The topological polar surface area (TPSA) is 56.3 Å². The molecule has 22 heavy (non-hydrogen) atoms. The smallest absolute Gasteiger partial charge is 0.253 e. The van der Waals surface area contributed by atoms with Crippen molar-refractivity contribution in [2.45, 2.75) is 32.1 Å². The highest BCUT2D eigenvalue weighted by atomic mass is 16.3. The van der Waals surface area contributed by atoms with E-state index in [0.717, 1.165) is 36.9 Å². The van der Waals surface area contributed by atoms with Gasteiger partial charge in [0.15, 0.2) is 0 Å². The number of benzene rings is 1. The first-order valence-corrected chi connectivity index (χ1v) is 8.30. The van der Waals surface area contributed by atoms with E-state index >= 15 is 0 Å². The highest BCUT2D eigenvalue weighted by molar-refractivity contribution is 5.99. The lowest BCUT2D eigenvalue weighted by Crippen LogP contribution is -2.29. The Morgan fingerprint density at radius 2 is 2.18 bits per heavy atom. The monoisotopic (exact) mass is 298 g/mol. The summed E-state index contributed by atoms with van der Waals surface area (Å²) < 4.78 is 0. The van der Waals surface area contributed by atoms with Crippen molar-refractivity contribution >= 4 is 16.8 Å². The van der Waals surface area contributed by atoms with E-state index in [0.29, 0.717) is 6.54 Å². The number of hydrogen-bond donors (Lipinski definition) is 2. The van der Waals surface area contributed by atoms with Crippen LogP contribution in [0.3, 0.4) is 0 Å². The van der Waals surface area contributed by atoms with Gasteiger partial charge in [-0.25, -0.2) is 0 Å². The molecule has 1 saturated heterocycles. The molecule has 2 heterocycles. The summed E-state index contributed by atoms with van der Waals surface area (Å²) in [6.07, 6.45) is 5.63. The minimum absolute atomic E-state index is 0.101. The van der Waals surface area contributed by atoms with E-state index in [1.165, 1.54) is 29.5 Å². The number of amides is 1. The maximum Gasteiger partial charge on any atom is 0.253 e. The number of nitrogens with one attached hydrogen (secondary N) is 1. The number of H-pyrrole nitrogens is 1. The standard InChI is InChI=1S/C18H22N2O2/c21-11-12-7-8-20(10-12)18(22)13-5-6-17-15(9-13)14-3-1-2-4-16(14)19-17/h5-6,9,12,19,21H,1-4,7-8,10-11H2. The van der Waals surface area contributed by atoms with Gasteiger partial charge >= 0.3 is 0 Å². The van der Waals surface area contributed by atoms with Crippen LogP contribution >= 0.6 is 0 Å². The van der Waals surface area contributed by atoms with Crippen molar-refractivity contribution in [2.24, 2.45) is 5.92 Å². The van der Waals surface area contributed by atoms with Crippen LogP contribution in [0.4, 0.5) is 0 Å². The number of aromatic nitrogens is 1. The van der Waals surface area contributed by atoms with E-state index in [9.17, 15) is 9.90 Å². The highest BCUT2D eigenvalue weighted by Gasteiger charge is 2.27. The molecule has 116 valence electrons. The predicted octanol–water partition coefficient (Wildman–Crippen LogP) is 2.50. The molecule has 4 heteroatoms. The Morgan fingerprint density at radius 3 is 3.00 bits per heavy atom. The van der Waals surface area contributed by atoms with Gasteiger partial charge in [-0.1, -0.05) is 0 Å². The SMILES string of the molecule is O=C(c1ccc2[nH]c3c(c2c1)CCCC3)N1CCC(CO)C1. The van der Waals surface area contributed by atoms with Crippen LogP contribution < -0.4 is 0 Å². The summed E-state index contributed by atoms with van der Waals surface area (Å²) in [6, 6.07) is 6.03. The van der Waals surface area contributed by atoms with E-state index < -0.39 is 0 Å². The van der Waals surface area contributed by atoms with Crippen LogP contribution in [-0.2, 0) is 12.8 Å². The Balaban J connectivity index is 1.66. The molecule has 1 aromatic heterocycles. The van der Waals surface area contributed by atoms with Crippen molar-refractivity contribution in [3.05, 3.63) is 35.0 Å². The molecular weight excluding hydrogens is 276 g/mol.